The molecule has 1 amide bonds. The molecule has 0 aliphatic carbocycles. The van der Waals surface area contributed by atoms with Crippen LogP contribution in [0.2, 0.25) is 0 Å². The minimum Gasteiger partial charge on any atom is -0.322 e. The maximum atomic E-state index is 13.0. The summed E-state index contributed by atoms with van der Waals surface area (Å²) >= 11 is 0. The number of benzene rings is 1. The summed E-state index contributed by atoms with van der Waals surface area (Å²) < 4.78 is 13.0. The summed E-state index contributed by atoms with van der Waals surface area (Å²) in [4.78, 5) is 14.3. The van der Waals surface area contributed by atoms with Crippen molar-refractivity contribution in [1.82, 2.24) is 10.2 Å². The zero-order valence-corrected chi connectivity index (χ0v) is 12.4. The van der Waals surface area contributed by atoms with Gasteiger partial charge in [-0.2, -0.15) is 0 Å². The number of carbonyl (C=O) groups excluding carboxylic acids is 1. The predicted molar refractivity (Wildman–Crippen MR) is 77.5 cm³/mol. The van der Waals surface area contributed by atoms with E-state index in [1.165, 1.54) is 12.1 Å². The van der Waals surface area contributed by atoms with Crippen molar-refractivity contribution in [2.24, 2.45) is 5.92 Å². The Labute approximate surface area is 120 Å². The van der Waals surface area contributed by atoms with E-state index < -0.39 is 0 Å². The first kappa shape index (κ1) is 15.0. The van der Waals surface area contributed by atoms with E-state index in [1.807, 2.05) is 4.90 Å². The van der Waals surface area contributed by atoms with Gasteiger partial charge in [0, 0.05) is 6.54 Å². The van der Waals surface area contributed by atoms with Crippen LogP contribution in [0.15, 0.2) is 24.3 Å². The van der Waals surface area contributed by atoms with Gasteiger partial charge in [-0.05, 0) is 36.5 Å². The lowest BCUT2D eigenvalue weighted by Crippen LogP contribution is -2.32. The molecule has 1 aromatic rings. The fourth-order valence-electron chi connectivity index (χ4n) is 2.72. The van der Waals surface area contributed by atoms with Crippen molar-refractivity contribution in [1.29, 1.82) is 0 Å². The maximum absolute atomic E-state index is 13.0. The lowest BCUT2D eigenvalue weighted by molar-refractivity contribution is -0.130. The number of nitrogens with zero attached hydrogens (tertiary/aromatic N) is 1. The second-order valence-electron chi connectivity index (χ2n) is 5.83. The van der Waals surface area contributed by atoms with Crippen LogP contribution in [0.3, 0.4) is 0 Å². The van der Waals surface area contributed by atoms with E-state index in [0.29, 0.717) is 5.92 Å². The predicted octanol–water partition coefficient (Wildman–Crippen LogP) is 3.08. The number of nitrogens with one attached hydrogen (secondary N) is 1. The van der Waals surface area contributed by atoms with E-state index in [9.17, 15) is 9.18 Å². The molecule has 2 rings (SSSR count). The van der Waals surface area contributed by atoms with Gasteiger partial charge in [-0.1, -0.05) is 32.9 Å². The molecular weight excluding hydrogens is 255 g/mol. The highest BCUT2D eigenvalue weighted by atomic mass is 19.1. The Morgan fingerprint density at radius 3 is 2.50 bits per heavy atom. The van der Waals surface area contributed by atoms with E-state index in [0.717, 1.165) is 24.9 Å². The number of halogens is 1. The molecule has 1 aliphatic heterocycles. The molecule has 1 fully saturated rings. The topological polar surface area (TPSA) is 32.3 Å². The highest BCUT2D eigenvalue weighted by Crippen LogP contribution is 2.28. The molecule has 1 N–H and O–H groups in total. The molecule has 0 spiro atoms. The molecule has 1 aromatic carbocycles. The van der Waals surface area contributed by atoms with Crippen LogP contribution in [0.5, 0.6) is 0 Å². The number of hydrogen-bond donors (Lipinski definition) is 1. The highest BCUT2D eigenvalue weighted by molar-refractivity contribution is 5.84. The second-order valence-corrected chi connectivity index (χ2v) is 5.83. The molecule has 3 nitrogen and oxygen atoms in total. The maximum Gasteiger partial charge on any atom is 0.241 e. The van der Waals surface area contributed by atoms with Crippen molar-refractivity contribution in [2.45, 2.75) is 45.8 Å². The van der Waals surface area contributed by atoms with Crippen LogP contribution in [0.1, 0.15) is 45.3 Å². The molecular formula is C16H23FN2O. The summed E-state index contributed by atoms with van der Waals surface area (Å²) in [6, 6.07) is 6.26. The Kier molecular flexibility index (Phi) is 4.76. The van der Waals surface area contributed by atoms with Gasteiger partial charge >= 0.3 is 0 Å². The summed E-state index contributed by atoms with van der Waals surface area (Å²) in [5, 5.41) is 3.40. The molecule has 1 aliphatic rings. The lowest BCUT2D eigenvalue weighted by Gasteiger charge is -2.24. The van der Waals surface area contributed by atoms with Crippen LogP contribution in [-0.4, -0.2) is 23.4 Å². The molecule has 4 heteroatoms. The molecule has 110 valence electrons. The van der Waals surface area contributed by atoms with Gasteiger partial charge in [0.1, 0.15) is 12.0 Å². The van der Waals surface area contributed by atoms with E-state index in [2.05, 4.69) is 26.1 Å². The van der Waals surface area contributed by atoms with Crippen molar-refractivity contribution < 1.29 is 9.18 Å². The van der Waals surface area contributed by atoms with E-state index in [-0.39, 0.29) is 23.9 Å². The van der Waals surface area contributed by atoms with Gasteiger partial charge in [-0.3, -0.25) is 10.1 Å². The largest absolute Gasteiger partial charge is 0.322 e. The normalized spacial score (nSPS) is 22.9. The summed E-state index contributed by atoms with van der Waals surface area (Å²) in [7, 11) is 0. The third kappa shape index (κ3) is 3.18. The van der Waals surface area contributed by atoms with Crippen LogP contribution in [-0.2, 0) is 4.79 Å². The summed E-state index contributed by atoms with van der Waals surface area (Å²) in [5.41, 5.74) is 0.944. The minimum atomic E-state index is -0.251. The summed E-state index contributed by atoms with van der Waals surface area (Å²) in [6.07, 6.45) is 1.61. The second kappa shape index (κ2) is 6.35. The Morgan fingerprint density at radius 1 is 1.30 bits per heavy atom. The molecule has 0 aromatic heterocycles. The average Bonchev–Trinajstić information content (AvgIpc) is 2.69. The molecule has 0 bridgehead atoms. The average molecular weight is 278 g/mol. The minimum absolute atomic E-state index is 0.128. The van der Waals surface area contributed by atoms with Crippen LogP contribution in [0, 0.1) is 11.7 Å². The number of carbonyl (C=O) groups is 1. The Hall–Kier alpha value is -1.42. The van der Waals surface area contributed by atoms with Crippen LogP contribution in [0.4, 0.5) is 4.39 Å². The van der Waals surface area contributed by atoms with Gasteiger partial charge < -0.3 is 4.90 Å². The van der Waals surface area contributed by atoms with E-state index >= 15 is 0 Å². The highest BCUT2D eigenvalue weighted by Gasteiger charge is 2.38. The first-order valence-corrected chi connectivity index (χ1v) is 7.35. The first-order chi connectivity index (χ1) is 9.52. The van der Waals surface area contributed by atoms with Crippen molar-refractivity contribution in [3.05, 3.63) is 35.6 Å². The van der Waals surface area contributed by atoms with Gasteiger partial charge in [-0.15, -0.1) is 0 Å². The molecule has 20 heavy (non-hydrogen) atoms. The zero-order valence-electron chi connectivity index (χ0n) is 12.4. The number of amides is 1. The third-order valence-electron chi connectivity index (χ3n) is 3.61. The van der Waals surface area contributed by atoms with Gasteiger partial charge in [-0.25, -0.2) is 4.39 Å². The van der Waals surface area contributed by atoms with Crippen molar-refractivity contribution in [2.75, 3.05) is 6.54 Å². The quantitative estimate of drug-likeness (QED) is 0.897. The summed E-state index contributed by atoms with van der Waals surface area (Å²) in [5.74, 6) is 0.376. The fraction of sp³-hybridized carbons (Fsp3) is 0.562. The zero-order chi connectivity index (χ0) is 14.7. The summed E-state index contributed by atoms with van der Waals surface area (Å²) in [6.45, 7) is 7.02. The lowest BCUT2D eigenvalue weighted by atomic mass is 10.0. The van der Waals surface area contributed by atoms with Gasteiger partial charge in [0.15, 0.2) is 0 Å². The first-order valence-electron chi connectivity index (χ1n) is 7.35. The Balaban J connectivity index is 2.21. The van der Waals surface area contributed by atoms with Gasteiger partial charge in [0.05, 0.1) is 6.04 Å². The molecule has 2 unspecified atom stereocenters. The Morgan fingerprint density at radius 2 is 1.95 bits per heavy atom. The standard InChI is InChI=1S/C16H23FN2O/c1-4-9-19-15(12-5-7-13(17)8-6-12)18-14(16(19)20)10-11(2)3/h5-8,11,14-15,18H,4,9-10H2,1-3H3. The Bertz CT molecular complexity index is 458. The third-order valence-corrected chi connectivity index (χ3v) is 3.61. The van der Waals surface area contributed by atoms with Crippen molar-refractivity contribution in [3.8, 4) is 0 Å². The molecule has 0 saturated carbocycles. The van der Waals surface area contributed by atoms with E-state index in [1.54, 1.807) is 12.1 Å². The number of rotatable bonds is 5. The molecule has 0 radical (unpaired) electrons. The van der Waals surface area contributed by atoms with Crippen LogP contribution >= 0.6 is 0 Å². The van der Waals surface area contributed by atoms with Gasteiger partial charge in [0.25, 0.3) is 0 Å². The molecule has 1 saturated heterocycles. The van der Waals surface area contributed by atoms with Crippen molar-refractivity contribution in [3.63, 3.8) is 0 Å². The van der Waals surface area contributed by atoms with Crippen LogP contribution in [0.25, 0.3) is 0 Å². The van der Waals surface area contributed by atoms with Crippen LogP contribution < -0.4 is 5.32 Å². The van der Waals surface area contributed by atoms with Gasteiger partial charge in [0.2, 0.25) is 5.91 Å². The fourth-order valence-corrected chi connectivity index (χ4v) is 2.72. The van der Waals surface area contributed by atoms with Crippen molar-refractivity contribution >= 4 is 5.91 Å². The van der Waals surface area contributed by atoms with E-state index in [4.69, 9.17) is 0 Å². The smallest absolute Gasteiger partial charge is 0.241 e. The SMILES string of the molecule is CCCN1C(=O)C(CC(C)C)NC1c1ccc(F)cc1. The molecule has 2 atom stereocenters. The number of hydrogen-bond acceptors (Lipinski definition) is 2. The monoisotopic (exact) mass is 278 g/mol. The molecule has 1 heterocycles.